The molecule has 0 unspecified atom stereocenters. The predicted molar refractivity (Wildman–Crippen MR) is 60.3 cm³/mol. The Kier molecular flexibility index (Phi) is 3.48. The summed E-state index contributed by atoms with van der Waals surface area (Å²) in [4.78, 5) is 0. The van der Waals surface area contributed by atoms with Gasteiger partial charge in [-0.3, -0.25) is 0 Å². The first-order valence-electron chi connectivity index (χ1n) is 4.28. The second-order valence-corrected chi connectivity index (χ2v) is 3.88. The maximum Gasteiger partial charge on any atom is 0.0407 e. The van der Waals surface area contributed by atoms with Crippen molar-refractivity contribution in [3.8, 4) is 0 Å². The SMILES string of the molecule is CCCC(=N)c1cc(Br)ccc1N. The number of halogens is 1. The molecule has 3 N–H and O–H groups in total. The largest absolute Gasteiger partial charge is 0.398 e. The van der Waals surface area contributed by atoms with E-state index in [2.05, 4.69) is 22.9 Å². The molecule has 0 fully saturated rings. The number of benzene rings is 1. The number of nitrogens with one attached hydrogen (secondary N) is 1. The zero-order valence-electron chi connectivity index (χ0n) is 7.60. The summed E-state index contributed by atoms with van der Waals surface area (Å²) in [6.07, 6.45) is 1.76. The number of nitrogen functional groups attached to an aromatic ring is 1. The van der Waals surface area contributed by atoms with Crippen molar-refractivity contribution in [2.75, 3.05) is 5.73 Å². The Bertz CT molecular complexity index is 321. The summed E-state index contributed by atoms with van der Waals surface area (Å²) in [6, 6.07) is 5.61. The molecule has 2 nitrogen and oxygen atoms in total. The number of nitrogens with two attached hydrogens (primary N) is 1. The molecule has 0 aliphatic carbocycles. The smallest absolute Gasteiger partial charge is 0.0407 e. The van der Waals surface area contributed by atoms with Gasteiger partial charge in [0.25, 0.3) is 0 Å². The van der Waals surface area contributed by atoms with Gasteiger partial charge < -0.3 is 11.1 Å². The van der Waals surface area contributed by atoms with Gasteiger partial charge in [-0.1, -0.05) is 29.3 Å². The molecule has 0 heterocycles. The van der Waals surface area contributed by atoms with E-state index in [0.717, 1.165) is 22.9 Å². The number of hydrogen-bond donors (Lipinski definition) is 2. The second kappa shape index (κ2) is 4.42. The predicted octanol–water partition coefficient (Wildman–Crippen LogP) is 3.20. The first kappa shape index (κ1) is 10.3. The van der Waals surface area contributed by atoms with Gasteiger partial charge in [0.15, 0.2) is 0 Å². The Balaban J connectivity index is 2.99. The Morgan fingerprint density at radius 1 is 1.54 bits per heavy atom. The Morgan fingerprint density at radius 2 is 2.23 bits per heavy atom. The molecule has 0 atom stereocenters. The molecule has 0 aliphatic heterocycles. The van der Waals surface area contributed by atoms with Crippen LogP contribution in [0, 0.1) is 5.41 Å². The summed E-state index contributed by atoms with van der Waals surface area (Å²) < 4.78 is 0.970. The number of hydrogen-bond acceptors (Lipinski definition) is 2. The molecule has 0 amide bonds. The van der Waals surface area contributed by atoms with Crippen LogP contribution in [-0.4, -0.2) is 5.71 Å². The second-order valence-electron chi connectivity index (χ2n) is 2.96. The average Bonchev–Trinajstić information content (AvgIpc) is 2.09. The molecule has 0 aliphatic rings. The maximum atomic E-state index is 7.77. The van der Waals surface area contributed by atoms with Gasteiger partial charge in [-0.15, -0.1) is 0 Å². The monoisotopic (exact) mass is 240 g/mol. The van der Waals surface area contributed by atoms with E-state index < -0.39 is 0 Å². The van der Waals surface area contributed by atoms with Crippen LogP contribution in [0.1, 0.15) is 25.3 Å². The van der Waals surface area contributed by atoms with Crippen molar-refractivity contribution in [3.63, 3.8) is 0 Å². The minimum Gasteiger partial charge on any atom is -0.398 e. The molecular weight excluding hydrogens is 228 g/mol. The van der Waals surface area contributed by atoms with Gasteiger partial charge in [-0.25, -0.2) is 0 Å². The fraction of sp³-hybridized carbons (Fsp3) is 0.300. The van der Waals surface area contributed by atoms with Crippen molar-refractivity contribution in [2.45, 2.75) is 19.8 Å². The Hall–Kier alpha value is -0.830. The normalized spacial score (nSPS) is 10.0. The van der Waals surface area contributed by atoms with Crippen molar-refractivity contribution < 1.29 is 0 Å². The van der Waals surface area contributed by atoms with E-state index in [1.165, 1.54) is 0 Å². The fourth-order valence-electron chi connectivity index (χ4n) is 1.17. The summed E-state index contributed by atoms with van der Waals surface area (Å²) in [5, 5.41) is 7.77. The lowest BCUT2D eigenvalue weighted by atomic mass is 10.0. The van der Waals surface area contributed by atoms with Crippen LogP contribution < -0.4 is 5.73 Å². The van der Waals surface area contributed by atoms with Crippen LogP contribution in [-0.2, 0) is 0 Å². The van der Waals surface area contributed by atoms with Gasteiger partial charge >= 0.3 is 0 Å². The highest BCUT2D eigenvalue weighted by Crippen LogP contribution is 2.20. The van der Waals surface area contributed by atoms with E-state index in [9.17, 15) is 0 Å². The van der Waals surface area contributed by atoms with Gasteiger partial charge in [0, 0.05) is 21.4 Å². The van der Waals surface area contributed by atoms with Crippen molar-refractivity contribution in [1.29, 1.82) is 5.41 Å². The molecule has 0 saturated carbocycles. The van der Waals surface area contributed by atoms with Gasteiger partial charge in [0.05, 0.1) is 0 Å². The van der Waals surface area contributed by atoms with Crippen LogP contribution in [0.4, 0.5) is 5.69 Å². The topological polar surface area (TPSA) is 49.9 Å². The van der Waals surface area contributed by atoms with E-state index in [-0.39, 0.29) is 0 Å². The minimum absolute atomic E-state index is 0.612. The van der Waals surface area contributed by atoms with Gasteiger partial charge in [-0.2, -0.15) is 0 Å². The van der Waals surface area contributed by atoms with Gasteiger partial charge in [0.1, 0.15) is 0 Å². The minimum atomic E-state index is 0.612. The van der Waals surface area contributed by atoms with Crippen molar-refractivity contribution in [1.82, 2.24) is 0 Å². The molecule has 1 aromatic rings. The lowest BCUT2D eigenvalue weighted by Gasteiger charge is -2.06. The lowest BCUT2D eigenvalue weighted by Crippen LogP contribution is -2.03. The van der Waals surface area contributed by atoms with E-state index >= 15 is 0 Å². The summed E-state index contributed by atoms with van der Waals surface area (Å²) in [6.45, 7) is 2.06. The first-order valence-corrected chi connectivity index (χ1v) is 5.07. The van der Waals surface area contributed by atoms with E-state index in [1.54, 1.807) is 0 Å². The lowest BCUT2D eigenvalue weighted by molar-refractivity contribution is 0.986. The Morgan fingerprint density at radius 3 is 2.85 bits per heavy atom. The molecule has 13 heavy (non-hydrogen) atoms. The quantitative estimate of drug-likeness (QED) is 0.619. The molecule has 1 rings (SSSR count). The van der Waals surface area contributed by atoms with Crippen LogP contribution in [0.3, 0.4) is 0 Å². The first-order chi connectivity index (χ1) is 6.15. The summed E-state index contributed by atoms with van der Waals surface area (Å²) in [7, 11) is 0. The summed E-state index contributed by atoms with van der Waals surface area (Å²) >= 11 is 3.36. The van der Waals surface area contributed by atoms with Crippen molar-refractivity contribution in [2.24, 2.45) is 0 Å². The zero-order chi connectivity index (χ0) is 9.84. The average molecular weight is 241 g/mol. The molecule has 0 bridgehead atoms. The van der Waals surface area contributed by atoms with Crippen LogP contribution in [0.25, 0.3) is 0 Å². The van der Waals surface area contributed by atoms with Crippen molar-refractivity contribution >= 4 is 27.3 Å². The van der Waals surface area contributed by atoms with Crippen LogP contribution in [0.15, 0.2) is 22.7 Å². The molecule has 3 heteroatoms. The van der Waals surface area contributed by atoms with E-state index in [1.807, 2.05) is 18.2 Å². The summed E-state index contributed by atoms with van der Waals surface area (Å²) in [5.74, 6) is 0. The van der Waals surface area contributed by atoms with Crippen LogP contribution >= 0.6 is 15.9 Å². The van der Waals surface area contributed by atoms with Gasteiger partial charge in [0.2, 0.25) is 0 Å². The zero-order valence-corrected chi connectivity index (χ0v) is 9.19. The highest BCUT2D eigenvalue weighted by atomic mass is 79.9. The Labute approximate surface area is 86.8 Å². The molecule has 0 saturated heterocycles. The molecular formula is C10H13BrN2. The number of rotatable bonds is 3. The molecule has 70 valence electrons. The van der Waals surface area contributed by atoms with Crippen molar-refractivity contribution in [3.05, 3.63) is 28.2 Å². The third-order valence-corrected chi connectivity index (χ3v) is 2.33. The number of anilines is 1. The maximum absolute atomic E-state index is 7.77. The van der Waals surface area contributed by atoms with E-state index in [4.69, 9.17) is 11.1 Å². The van der Waals surface area contributed by atoms with Gasteiger partial charge in [-0.05, 0) is 24.6 Å². The highest BCUT2D eigenvalue weighted by molar-refractivity contribution is 9.10. The molecule has 0 aromatic heterocycles. The van der Waals surface area contributed by atoms with Crippen LogP contribution in [0.5, 0.6) is 0 Å². The highest BCUT2D eigenvalue weighted by Gasteiger charge is 2.04. The van der Waals surface area contributed by atoms with E-state index in [0.29, 0.717) is 11.4 Å². The molecule has 1 aromatic carbocycles. The molecule has 0 radical (unpaired) electrons. The molecule has 0 spiro atoms. The summed E-state index contributed by atoms with van der Waals surface area (Å²) in [5.41, 5.74) is 7.90. The standard InChI is InChI=1S/C10H13BrN2/c1-2-3-9(12)8-6-7(11)4-5-10(8)13/h4-6,12H,2-3,13H2,1H3. The van der Waals surface area contributed by atoms with Crippen LogP contribution in [0.2, 0.25) is 0 Å². The third-order valence-electron chi connectivity index (χ3n) is 1.84. The third kappa shape index (κ3) is 2.56. The fourth-order valence-corrected chi connectivity index (χ4v) is 1.54.